The topological polar surface area (TPSA) is 74.8 Å². The van der Waals surface area contributed by atoms with Crippen molar-refractivity contribution in [3.05, 3.63) is 0 Å². The van der Waals surface area contributed by atoms with E-state index in [0.29, 0.717) is 12.5 Å². The number of guanidine groups is 1. The van der Waals surface area contributed by atoms with E-state index in [0.717, 1.165) is 45.1 Å². The van der Waals surface area contributed by atoms with Crippen LogP contribution in [0.5, 0.6) is 0 Å². The molecular weight excluding hydrogens is 268 g/mol. The van der Waals surface area contributed by atoms with E-state index < -0.39 is 0 Å². The Balaban J connectivity index is 2.10. The van der Waals surface area contributed by atoms with Crippen molar-refractivity contribution in [2.45, 2.75) is 39.5 Å². The smallest absolute Gasteiger partial charge is 0.241 e. The van der Waals surface area contributed by atoms with E-state index in [-0.39, 0.29) is 12.5 Å². The molecule has 0 aliphatic heterocycles. The van der Waals surface area contributed by atoms with E-state index in [1.165, 1.54) is 12.8 Å². The Morgan fingerprint density at radius 1 is 1.19 bits per heavy atom. The van der Waals surface area contributed by atoms with Crippen molar-refractivity contribution < 1.29 is 9.53 Å². The number of ether oxygens (including phenoxy) is 1. The quantitative estimate of drug-likeness (QED) is 0.301. The molecule has 1 saturated carbocycles. The summed E-state index contributed by atoms with van der Waals surface area (Å²) in [5, 5.41) is 9.15. The summed E-state index contributed by atoms with van der Waals surface area (Å²) in [4.78, 5) is 15.8. The molecule has 0 aromatic rings. The van der Waals surface area contributed by atoms with Gasteiger partial charge in [-0.1, -0.05) is 6.92 Å². The molecule has 1 aliphatic rings. The largest absolute Gasteiger partial charge is 0.381 e. The van der Waals surface area contributed by atoms with Gasteiger partial charge in [0.25, 0.3) is 0 Å². The lowest BCUT2D eigenvalue weighted by Crippen LogP contribution is -2.39. The van der Waals surface area contributed by atoms with Gasteiger partial charge in [0.1, 0.15) is 6.54 Å². The van der Waals surface area contributed by atoms with Crippen LogP contribution in [-0.4, -0.2) is 51.3 Å². The number of hydrogen-bond acceptors (Lipinski definition) is 3. The van der Waals surface area contributed by atoms with Crippen LogP contribution in [0.4, 0.5) is 0 Å². The number of aliphatic imine (C=N–C) groups is 1. The molecule has 1 amide bonds. The molecule has 0 heterocycles. The molecule has 0 radical (unpaired) electrons. The Morgan fingerprint density at radius 3 is 2.67 bits per heavy atom. The molecule has 0 atom stereocenters. The van der Waals surface area contributed by atoms with Crippen LogP contribution in [0.1, 0.15) is 39.5 Å². The van der Waals surface area contributed by atoms with Gasteiger partial charge in [0.15, 0.2) is 5.96 Å². The summed E-state index contributed by atoms with van der Waals surface area (Å²) in [6.45, 7) is 8.16. The predicted molar refractivity (Wildman–Crippen MR) is 85.4 cm³/mol. The summed E-state index contributed by atoms with van der Waals surface area (Å²) in [5.41, 5.74) is 0. The van der Waals surface area contributed by atoms with Gasteiger partial charge in [0.05, 0.1) is 0 Å². The molecule has 0 aromatic carbocycles. The van der Waals surface area contributed by atoms with Crippen LogP contribution in [0.3, 0.4) is 0 Å². The zero-order valence-electron chi connectivity index (χ0n) is 13.4. The molecule has 3 N–H and O–H groups in total. The number of carbonyl (C=O) groups is 1. The Bertz CT molecular complexity index is 317. The molecule has 0 aromatic heterocycles. The van der Waals surface area contributed by atoms with Gasteiger partial charge in [0.2, 0.25) is 5.91 Å². The van der Waals surface area contributed by atoms with Crippen LogP contribution in [-0.2, 0) is 9.53 Å². The third-order valence-electron chi connectivity index (χ3n) is 3.11. The molecule has 1 rings (SSSR count). The lowest BCUT2D eigenvalue weighted by Gasteiger charge is -2.11. The summed E-state index contributed by atoms with van der Waals surface area (Å²) in [6.07, 6.45) is 4.54. The number of nitrogens with zero attached hydrogens (tertiary/aromatic N) is 1. The van der Waals surface area contributed by atoms with Crippen molar-refractivity contribution in [1.82, 2.24) is 16.0 Å². The van der Waals surface area contributed by atoms with E-state index in [2.05, 4.69) is 20.9 Å². The average molecular weight is 298 g/mol. The molecule has 1 fully saturated rings. The summed E-state index contributed by atoms with van der Waals surface area (Å²) in [5.74, 6) is 1.46. The van der Waals surface area contributed by atoms with Crippen molar-refractivity contribution in [2.75, 3.05) is 39.4 Å². The number of nitrogens with one attached hydrogen (secondary N) is 3. The fraction of sp³-hybridized carbons (Fsp3) is 0.867. The lowest BCUT2D eigenvalue weighted by atomic mass is 10.4. The number of rotatable bonds is 11. The minimum atomic E-state index is -0.0400. The van der Waals surface area contributed by atoms with Gasteiger partial charge in [-0.15, -0.1) is 0 Å². The third-order valence-corrected chi connectivity index (χ3v) is 3.11. The van der Waals surface area contributed by atoms with E-state index in [4.69, 9.17) is 4.74 Å². The summed E-state index contributed by atoms with van der Waals surface area (Å²) in [7, 11) is 0. The first-order chi connectivity index (χ1) is 10.3. The maximum Gasteiger partial charge on any atom is 0.241 e. The van der Waals surface area contributed by atoms with Crippen molar-refractivity contribution in [3.8, 4) is 0 Å². The maximum absolute atomic E-state index is 11.5. The first-order valence-electron chi connectivity index (χ1n) is 8.12. The van der Waals surface area contributed by atoms with Crippen molar-refractivity contribution in [1.29, 1.82) is 0 Å². The first-order valence-corrected chi connectivity index (χ1v) is 8.12. The summed E-state index contributed by atoms with van der Waals surface area (Å²) >= 11 is 0. The maximum atomic E-state index is 11.5. The van der Waals surface area contributed by atoms with Gasteiger partial charge < -0.3 is 20.7 Å². The van der Waals surface area contributed by atoms with Gasteiger partial charge in [-0.2, -0.15) is 0 Å². The highest BCUT2D eigenvalue weighted by molar-refractivity contribution is 5.84. The average Bonchev–Trinajstić information content (AvgIpc) is 3.30. The Kier molecular flexibility index (Phi) is 9.61. The number of amides is 1. The fourth-order valence-electron chi connectivity index (χ4n) is 1.73. The highest BCUT2D eigenvalue weighted by Gasteiger charge is 2.20. The van der Waals surface area contributed by atoms with Gasteiger partial charge >= 0.3 is 0 Å². The highest BCUT2D eigenvalue weighted by atomic mass is 16.5. The third kappa shape index (κ3) is 10.1. The monoisotopic (exact) mass is 298 g/mol. The second-order valence-electron chi connectivity index (χ2n) is 5.34. The molecule has 0 bridgehead atoms. The van der Waals surface area contributed by atoms with Crippen molar-refractivity contribution in [3.63, 3.8) is 0 Å². The molecule has 0 spiro atoms. The van der Waals surface area contributed by atoms with Crippen LogP contribution in [0.2, 0.25) is 0 Å². The minimum absolute atomic E-state index is 0.0400. The summed E-state index contributed by atoms with van der Waals surface area (Å²) < 4.78 is 5.58. The molecule has 1 aliphatic carbocycles. The Labute approximate surface area is 128 Å². The number of hydrogen-bond donors (Lipinski definition) is 3. The molecule has 0 unspecified atom stereocenters. The lowest BCUT2D eigenvalue weighted by molar-refractivity contribution is -0.119. The van der Waals surface area contributed by atoms with E-state index in [1.807, 2.05) is 13.8 Å². The second-order valence-corrected chi connectivity index (χ2v) is 5.34. The van der Waals surface area contributed by atoms with Crippen LogP contribution >= 0.6 is 0 Å². The molecule has 122 valence electrons. The van der Waals surface area contributed by atoms with Gasteiger partial charge in [-0.25, -0.2) is 4.99 Å². The molecule has 6 nitrogen and oxygen atoms in total. The van der Waals surface area contributed by atoms with Crippen molar-refractivity contribution in [2.24, 2.45) is 10.9 Å². The van der Waals surface area contributed by atoms with E-state index in [1.54, 1.807) is 0 Å². The van der Waals surface area contributed by atoms with Gasteiger partial charge in [0, 0.05) is 32.8 Å². The van der Waals surface area contributed by atoms with Crippen LogP contribution in [0.25, 0.3) is 0 Å². The number of carbonyl (C=O) groups excluding carboxylic acids is 1. The van der Waals surface area contributed by atoms with E-state index >= 15 is 0 Å². The predicted octanol–water partition coefficient (Wildman–Crippen LogP) is 0.884. The zero-order chi connectivity index (χ0) is 15.3. The normalized spacial score (nSPS) is 14.9. The SMILES string of the molecule is CCCNC(=O)CN=C(NCC)NCCCOCC1CC1. The first kappa shape index (κ1) is 17.8. The summed E-state index contributed by atoms with van der Waals surface area (Å²) in [6, 6.07) is 0. The zero-order valence-corrected chi connectivity index (χ0v) is 13.4. The Hall–Kier alpha value is -1.30. The second kappa shape index (κ2) is 11.4. The highest BCUT2D eigenvalue weighted by Crippen LogP contribution is 2.28. The van der Waals surface area contributed by atoms with Gasteiger partial charge in [-0.05, 0) is 38.5 Å². The van der Waals surface area contributed by atoms with Crippen LogP contribution < -0.4 is 16.0 Å². The molecule has 0 saturated heterocycles. The van der Waals surface area contributed by atoms with Gasteiger partial charge in [-0.3, -0.25) is 4.79 Å². The Morgan fingerprint density at radius 2 is 2.00 bits per heavy atom. The van der Waals surface area contributed by atoms with Crippen LogP contribution in [0.15, 0.2) is 4.99 Å². The molecule has 6 heteroatoms. The molecular formula is C15H30N4O2. The van der Waals surface area contributed by atoms with Crippen LogP contribution in [0, 0.1) is 5.92 Å². The standard InChI is InChI=1S/C15H30N4O2/c1-3-8-17-14(20)11-19-15(16-4-2)18-9-5-10-21-12-13-6-7-13/h13H,3-12H2,1-2H3,(H,17,20)(H2,16,18,19). The minimum Gasteiger partial charge on any atom is -0.381 e. The van der Waals surface area contributed by atoms with E-state index in [9.17, 15) is 4.79 Å². The molecule has 21 heavy (non-hydrogen) atoms. The van der Waals surface area contributed by atoms with Crippen molar-refractivity contribution >= 4 is 11.9 Å². The fourth-order valence-corrected chi connectivity index (χ4v) is 1.73.